The molecule has 0 bridgehead atoms. The number of aromatic nitrogens is 2. The van der Waals surface area contributed by atoms with Gasteiger partial charge < -0.3 is 4.52 Å². The Balaban J connectivity index is 1.99. The molecular weight excluding hydrogens is 238 g/mol. The molecule has 4 nitrogen and oxygen atoms in total. The molecule has 0 amide bonds. The van der Waals surface area contributed by atoms with Crippen LogP contribution in [0.2, 0.25) is 0 Å². The third-order valence-corrected chi connectivity index (χ3v) is 3.12. The van der Waals surface area contributed by atoms with Crippen molar-refractivity contribution in [3.8, 4) is 6.07 Å². The molecule has 1 aromatic heterocycles. The van der Waals surface area contributed by atoms with Crippen LogP contribution in [0.1, 0.15) is 41.2 Å². The number of unbranched alkanes of at least 4 members (excludes halogenated alkanes) is 1. The molecule has 1 heterocycles. The van der Waals surface area contributed by atoms with Crippen LogP contribution in [-0.4, -0.2) is 10.1 Å². The molecule has 2 rings (SSSR count). The summed E-state index contributed by atoms with van der Waals surface area (Å²) in [7, 11) is 0. The van der Waals surface area contributed by atoms with Gasteiger partial charge in [-0.05, 0) is 37.0 Å². The quantitative estimate of drug-likeness (QED) is 0.770. The number of aryl methyl sites for hydroxylation is 3. The Hall–Kier alpha value is -2.15. The molecular formula is C15H17N3O. The summed E-state index contributed by atoms with van der Waals surface area (Å²) >= 11 is 0. The van der Waals surface area contributed by atoms with Crippen molar-refractivity contribution < 1.29 is 4.52 Å². The highest BCUT2D eigenvalue weighted by Gasteiger charge is 2.07. The van der Waals surface area contributed by atoms with E-state index in [1.54, 1.807) is 0 Å². The highest BCUT2D eigenvalue weighted by atomic mass is 16.5. The summed E-state index contributed by atoms with van der Waals surface area (Å²) < 4.78 is 5.17. The van der Waals surface area contributed by atoms with Crippen LogP contribution in [-0.2, 0) is 12.8 Å². The standard InChI is InChI=1S/C15H17N3O/c1-11-6-7-13(9-12(11)2)10-14-17-15(19-18-14)5-3-4-8-16/h6-7,9H,3-5,10H2,1-2H3. The fourth-order valence-corrected chi connectivity index (χ4v) is 1.88. The molecule has 0 saturated heterocycles. The third-order valence-electron chi connectivity index (χ3n) is 3.12. The molecule has 2 aromatic rings. The van der Waals surface area contributed by atoms with Gasteiger partial charge in [-0.15, -0.1) is 0 Å². The van der Waals surface area contributed by atoms with Gasteiger partial charge in [-0.2, -0.15) is 10.2 Å². The van der Waals surface area contributed by atoms with Crippen molar-refractivity contribution in [2.24, 2.45) is 0 Å². The Morgan fingerprint density at radius 2 is 2.11 bits per heavy atom. The van der Waals surface area contributed by atoms with Gasteiger partial charge in [-0.25, -0.2) is 0 Å². The summed E-state index contributed by atoms with van der Waals surface area (Å²) in [6.45, 7) is 4.20. The van der Waals surface area contributed by atoms with Crippen LogP contribution in [0, 0.1) is 25.2 Å². The van der Waals surface area contributed by atoms with Gasteiger partial charge in [0, 0.05) is 19.3 Å². The first-order chi connectivity index (χ1) is 9.19. The summed E-state index contributed by atoms with van der Waals surface area (Å²) in [5, 5.41) is 12.4. The molecule has 0 saturated carbocycles. The van der Waals surface area contributed by atoms with Crippen molar-refractivity contribution in [1.29, 1.82) is 5.26 Å². The average molecular weight is 255 g/mol. The molecule has 0 aliphatic carbocycles. The monoisotopic (exact) mass is 255 g/mol. The molecule has 0 unspecified atom stereocenters. The lowest BCUT2D eigenvalue weighted by molar-refractivity contribution is 0.371. The lowest BCUT2D eigenvalue weighted by atomic mass is 10.0. The molecule has 0 fully saturated rings. The Kier molecular flexibility index (Phi) is 4.30. The number of hydrogen-bond acceptors (Lipinski definition) is 4. The van der Waals surface area contributed by atoms with E-state index < -0.39 is 0 Å². The average Bonchev–Trinajstić information content (AvgIpc) is 2.82. The van der Waals surface area contributed by atoms with E-state index in [0.29, 0.717) is 31.0 Å². The van der Waals surface area contributed by atoms with Crippen LogP contribution in [0.3, 0.4) is 0 Å². The van der Waals surface area contributed by atoms with Crippen molar-refractivity contribution >= 4 is 0 Å². The van der Waals surface area contributed by atoms with Gasteiger partial charge in [-0.3, -0.25) is 0 Å². The van der Waals surface area contributed by atoms with Crippen molar-refractivity contribution in [3.63, 3.8) is 0 Å². The Bertz CT molecular complexity index is 596. The number of hydrogen-bond donors (Lipinski definition) is 0. The van der Waals surface area contributed by atoms with Gasteiger partial charge in [0.15, 0.2) is 5.82 Å². The van der Waals surface area contributed by atoms with Gasteiger partial charge >= 0.3 is 0 Å². The Morgan fingerprint density at radius 3 is 2.84 bits per heavy atom. The minimum Gasteiger partial charge on any atom is -0.339 e. The summed E-state index contributed by atoms with van der Waals surface area (Å²) in [4.78, 5) is 4.34. The van der Waals surface area contributed by atoms with E-state index in [0.717, 1.165) is 6.42 Å². The zero-order valence-electron chi connectivity index (χ0n) is 11.3. The highest BCUT2D eigenvalue weighted by Crippen LogP contribution is 2.13. The van der Waals surface area contributed by atoms with Crippen LogP contribution in [0.25, 0.3) is 0 Å². The molecule has 0 N–H and O–H groups in total. The molecule has 1 aromatic carbocycles. The SMILES string of the molecule is Cc1ccc(Cc2noc(CCCC#N)n2)cc1C. The van der Waals surface area contributed by atoms with Gasteiger partial charge in [0.2, 0.25) is 5.89 Å². The minimum absolute atomic E-state index is 0.523. The maximum atomic E-state index is 8.48. The number of nitriles is 1. The van der Waals surface area contributed by atoms with E-state index >= 15 is 0 Å². The van der Waals surface area contributed by atoms with Crippen LogP contribution in [0.15, 0.2) is 22.7 Å². The molecule has 4 heteroatoms. The second kappa shape index (κ2) is 6.14. The first-order valence-corrected chi connectivity index (χ1v) is 6.43. The lowest BCUT2D eigenvalue weighted by Crippen LogP contribution is -1.93. The molecule has 98 valence electrons. The third kappa shape index (κ3) is 3.65. The predicted molar refractivity (Wildman–Crippen MR) is 71.6 cm³/mol. The Labute approximate surface area is 113 Å². The summed E-state index contributed by atoms with van der Waals surface area (Å²) in [5.41, 5.74) is 3.75. The van der Waals surface area contributed by atoms with Crippen molar-refractivity contribution in [2.75, 3.05) is 0 Å². The van der Waals surface area contributed by atoms with Crippen LogP contribution in [0.5, 0.6) is 0 Å². The van der Waals surface area contributed by atoms with Crippen molar-refractivity contribution in [2.45, 2.75) is 39.5 Å². The lowest BCUT2D eigenvalue weighted by Gasteiger charge is -2.02. The molecule has 19 heavy (non-hydrogen) atoms. The van der Waals surface area contributed by atoms with Gasteiger partial charge in [0.25, 0.3) is 0 Å². The predicted octanol–water partition coefficient (Wildman–Crippen LogP) is 3.12. The van der Waals surface area contributed by atoms with Gasteiger partial charge in [0.1, 0.15) is 0 Å². The van der Waals surface area contributed by atoms with Crippen molar-refractivity contribution in [3.05, 3.63) is 46.6 Å². The summed E-state index contributed by atoms with van der Waals surface area (Å²) in [6, 6.07) is 8.46. The van der Waals surface area contributed by atoms with Crippen LogP contribution in [0.4, 0.5) is 0 Å². The van der Waals surface area contributed by atoms with Crippen molar-refractivity contribution in [1.82, 2.24) is 10.1 Å². The minimum atomic E-state index is 0.523. The normalized spacial score (nSPS) is 10.4. The zero-order chi connectivity index (χ0) is 13.7. The first kappa shape index (κ1) is 13.3. The number of rotatable bonds is 5. The second-order valence-electron chi connectivity index (χ2n) is 4.71. The van der Waals surface area contributed by atoms with E-state index in [9.17, 15) is 0 Å². The number of nitrogens with zero attached hydrogens (tertiary/aromatic N) is 3. The summed E-state index contributed by atoms with van der Waals surface area (Å²) in [6.07, 6.45) is 2.65. The topological polar surface area (TPSA) is 62.7 Å². The molecule has 0 spiro atoms. The zero-order valence-corrected chi connectivity index (χ0v) is 11.3. The largest absolute Gasteiger partial charge is 0.339 e. The molecule has 0 radical (unpaired) electrons. The number of benzene rings is 1. The molecule has 0 aliphatic rings. The highest BCUT2D eigenvalue weighted by molar-refractivity contribution is 5.31. The first-order valence-electron chi connectivity index (χ1n) is 6.43. The van der Waals surface area contributed by atoms with E-state index in [-0.39, 0.29) is 0 Å². The Morgan fingerprint density at radius 1 is 1.26 bits per heavy atom. The van der Waals surface area contributed by atoms with E-state index in [1.807, 2.05) is 0 Å². The fourth-order valence-electron chi connectivity index (χ4n) is 1.88. The van der Waals surface area contributed by atoms with E-state index in [4.69, 9.17) is 9.78 Å². The molecule has 0 atom stereocenters. The smallest absolute Gasteiger partial charge is 0.226 e. The van der Waals surface area contributed by atoms with Crippen LogP contribution >= 0.6 is 0 Å². The second-order valence-corrected chi connectivity index (χ2v) is 4.71. The summed E-state index contributed by atoms with van der Waals surface area (Å²) in [5.74, 6) is 1.32. The fraction of sp³-hybridized carbons (Fsp3) is 0.400. The maximum absolute atomic E-state index is 8.48. The maximum Gasteiger partial charge on any atom is 0.226 e. The van der Waals surface area contributed by atoms with E-state index in [2.05, 4.69) is 48.3 Å². The molecule has 0 aliphatic heterocycles. The van der Waals surface area contributed by atoms with Gasteiger partial charge in [-0.1, -0.05) is 23.4 Å². The van der Waals surface area contributed by atoms with E-state index in [1.165, 1.54) is 16.7 Å². The van der Waals surface area contributed by atoms with Crippen LogP contribution < -0.4 is 0 Å². The van der Waals surface area contributed by atoms with Gasteiger partial charge in [0.05, 0.1) is 6.07 Å².